The lowest BCUT2D eigenvalue weighted by Gasteiger charge is -2.11. The van der Waals surface area contributed by atoms with Crippen LogP contribution in [0.4, 0.5) is 0 Å². The quantitative estimate of drug-likeness (QED) is 0.768. The molecule has 0 saturated heterocycles. The number of rotatable bonds is 6. The fraction of sp³-hybridized carbons (Fsp3) is 0.357. The molecule has 5 nitrogen and oxygen atoms in total. The van der Waals surface area contributed by atoms with Gasteiger partial charge in [0.05, 0.1) is 12.8 Å². The van der Waals surface area contributed by atoms with Gasteiger partial charge < -0.3 is 4.74 Å². The van der Waals surface area contributed by atoms with Gasteiger partial charge in [-0.2, -0.15) is 0 Å². The van der Waals surface area contributed by atoms with Gasteiger partial charge in [-0.3, -0.25) is 4.79 Å². The minimum atomic E-state index is 0.362. The van der Waals surface area contributed by atoms with Crippen molar-refractivity contribution in [2.75, 3.05) is 7.11 Å². The summed E-state index contributed by atoms with van der Waals surface area (Å²) in [5.41, 5.74) is 1.83. The second-order valence-electron chi connectivity index (χ2n) is 4.37. The number of halogens is 1. The molecule has 0 atom stereocenters. The zero-order valence-corrected chi connectivity index (χ0v) is 12.2. The third-order valence-corrected chi connectivity index (χ3v) is 3.28. The van der Waals surface area contributed by atoms with E-state index < -0.39 is 0 Å². The Bertz CT molecular complexity index is 610. The Balaban J connectivity index is 2.54. The van der Waals surface area contributed by atoms with E-state index in [1.165, 1.54) is 0 Å². The number of unbranched alkanes of at least 4 members (excludes halogenated alkanes) is 1. The molecule has 2 aromatic rings. The molecule has 0 saturated carbocycles. The number of methoxy groups -OCH3 is 1. The van der Waals surface area contributed by atoms with Crippen molar-refractivity contribution in [3.8, 4) is 11.4 Å². The van der Waals surface area contributed by atoms with Crippen molar-refractivity contribution in [2.45, 2.75) is 26.2 Å². The number of aldehydes is 1. The zero-order valence-electron chi connectivity index (χ0n) is 11.5. The molecule has 1 aromatic carbocycles. The summed E-state index contributed by atoms with van der Waals surface area (Å²) in [5, 5.41) is 8.55. The summed E-state index contributed by atoms with van der Waals surface area (Å²) in [7, 11) is 1.58. The Kier molecular flexibility index (Phi) is 4.74. The predicted octanol–water partition coefficient (Wildman–Crippen LogP) is 3.08. The summed E-state index contributed by atoms with van der Waals surface area (Å²) in [5.74, 6) is 0.634. The second kappa shape index (κ2) is 6.52. The zero-order chi connectivity index (χ0) is 14.5. The molecule has 0 spiro atoms. The van der Waals surface area contributed by atoms with Crippen molar-refractivity contribution in [3.63, 3.8) is 0 Å². The summed E-state index contributed by atoms with van der Waals surface area (Å²) < 4.78 is 6.95. The van der Waals surface area contributed by atoms with Crippen LogP contribution in [0.15, 0.2) is 18.2 Å². The van der Waals surface area contributed by atoms with Crippen molar-refractivity contribution >= 4 is 17.9 Å². The summed E-state index contributed by atoms with van der Waals surface area (Å²) >= 11 is 6.03. The van der Waals surface area contributed by atoms with Gasteiger partial charge in [0.15, 0.2) is 6.29 Å². The van der Waals surface area contributed by atoms with Crippen LogP contribution in [-0.4, -0.2) is 28.4 Å². The Labute approximate surface area is 122 Å². The first-order chi connectivity index (χ1) is 9.71. The topological polar surface area (TPSA) is 57.0 Å². The fourth-order valence-corrected chi connectivity index (χ4v) is 2.17. The third-order valence-electron chi connectivity index (χ3n) is 3.04. The van der Waals surface area contributed by atoms with Crippen LogP contribution >= 0.6 is 11.6 Å². The van der Waals surface area contributed by atoms with E-state index in [1.54, 1.807) is 30.0 Å². The molecule has 106 valence electrons. The maximum absolute atomic E-state index is 11.1. The van der Waals surface area contributed by atoms with Crippen molar-refractivity contribution in [2.24, 2.45) is 0 Å². The number of carbonyl (C=O) groups excluding carboxylic acids is 1. The minimum Gasteiger partial charge on any atom is -0.494 e. The number of benzene rings is 1. The molecule has 0 unspecified atom stereocenters. The van der Waals surface area contributed by atoms with E-state index in [0.29, 0.717) is 22.2 Å². The molecule has 0 aliphatic heterocycles. The van der Waals surface area contributed by atoms with Crippen molar-refractivity contribution in [1.29, 1.82) is 0 Å². The largest absolute Gasteiger partial charge is 0.494 e. The SMILES string of the molecule is CCCCc1c(C=O)nnn1-c1cc(Cl)ccc1OC. The molecule has 0 radical (unpaired) electrons. The predicted molar refractivity (Wildman–Crippen MR) is 76.9 cm³/mol. The van der Waals surface area contributed by atoms with E-state index in [2.05, 4.69) is 17.2 Å². The standard InChI is InChI=1S/C14H16ClN3O2/c1-3-4-5-12-11(9-19)16-17-18(12)13-8-10(15)6-7-14(13)20-2/h6-9H,3-5H2,1-2H3. The molecule has 1 heterocycles. The molecule has 6 heteroatoms. The van der Waals surface area contributed by atoms with Crippen LogP contribution in [0.5, 0.6) is 5.75 Å². The van der Waals surface area contributed by atoms with E-state index >= 15 is 0 Å². The molecule has 1 aromatic heterocycles. The van der Waals surface area contributed by atoms with Gasteiger partial charge in [0.25, 0.3) is 0 Å². The molecule has 0 N–H and O–H groups in total. The van der Waals surface area contributed by atoms with Gasteiger partial charge in [0.1, 0.15) is 17.1 Å². The molecule has 0 aliphatic carbocycles. The van der Waals surface area contributed by atoms with Gasteiger partial charge in [-0.25, -0.2) is 4.68 Å². The maximum atomic E-state index is 11.1. The average Bonchev–Trinajstić information content (AvgIpc) is 2.87. The van der Waals surface area contributed by atoms with E-state index in [4.69, 9.17) is 16.3 Å². The molecule has 20 heavy (non-hydrogen) atoms. The summed E-state index contributed by atoms with van der Waals surface area (Å²) in [6, 6.07) is 5.26. The van der Waals surface area contributed by atoms with Crippen molar-refractivity contribution in [3.05, 3.63) is 34.6 Å². The molecular weight excluding hydrogens is 278 g/mol. The summed E-state index contributed by atoms with van der Waals surface area (Å²) in [4.78, 5) is 11.1. The molecule has 0 fully saturated rings. The van der Waals surface area contributed by atoms with Crippen LogP contribution in [-0.2, 0) is 6.42 Å². The van der Waals surface area contributed by atoms with Gasteiger partial charge in [-0.1, -0.05) is 30.2 Å². The normalized spacial score (nSPS) is 10.6. The highest BCUT2D eigenvalue weighted by Gasteiger charge is 2.16. The van der Waals surface area contributed by atoms with E-state index in [1.807, 2.05) is 0 Å². The van der Waals surface area contributed by atoms with Gasteiger partial charge in [0, 0.05) is 5.02 Å². The Morgan fingerprint density at radius 1 is 1.45 bits per heavy atom. The summed E-state index contributed by atoms with van der Waals surface area (Å²) in [6.45, 7) is 2.09. The van der Waals surface area contributed by atoms with Crippen molar-refractivity contribution in [1.82, 2.24) is 15.0 Å². The highest BCUT2D eigenvalue weighted by atomic mass is 35.5. The Morgan fingerprint density at radius 2 is 2.25 bits per heavy atom. The number of hydrogen-bond acceptors (Lipinski definition) is 4. The molecule has 2 rings (SSSR count). The van der Waals surface area contributed by atoms with E-state index in [9.17, 15) is 4.79 Å². The molecule has 0 bridgehead atoms. The van der Waals surface area contributed by atoms with Gasteiger partial charge in [-0.05, 0) is 31.0 Å². The Morgan fingerprint density at radius 3 is 2.90 bits per heavy atom. The van der Waals surface area contributed by atoms with E-state index in [-0.39, 0.29) is 0 Å². The first-order valence-corrected chi connectivity index (χ1v) is 6.82. The van der Waals surface area contributed by atoms with Gasteiger partial charge in [0.2, 0.25) is 0 Å². The van der Waals surface area contributed by atoms with Crippen LogP contribution in [0.2, 0.25) is 5.02 Å². The van der Waals surface area contributed by atoms with Crippen LogP contribution in [0.1, 0.15) is 35.9 Å². The van der Waals surface area contributed by atoms with Gasteiger partial charge >= 0.3 is 0 Å². The lowest BCUT2D eigenvalue weighted by molar-refractivity contribution is 0.111. The number of ether oxygens (including phenoxy) is 1. The smallest absolute Gasteiger partial charge is 0.172 e. The average molecular weight is 294 g/mol. The minimum absolute atomic E-state index is 0.362. The number of hydrogen-bond donors (Lipinski definition) is 0. The third kappa shape index (κ3) is 2.82. The first kappa shape index (κ1) is 14.5. The maximum Gasteiger partial charge on any atom is 0.172 e. The highest BCUT2D eigenvalue weighted by molar-refractivity contribution is 6.30. The second-order valence-corrected chi connectivity index (χ2v) is 4.81. The Hall–Kier alpha value is -1.88. The molecule has 0 aliphatic rings. The van der Waals surface area contributed by atoms with Crippen LogP contribution in [0, 0.1) is 0 Å². The van der Waals surface area contributed by atoms with Gasteiger partial charge in [-0.15, -0.1) is 5.10 Å². The first-order valence-electron chi connectivity index (χ1n) is 6.45. The van der Waals surface area contributed by atoms with Crippen molar-refractivity contribution < 1.29 is 9.53 Å². The molecular formula is C14H16ClN3O2. The monoisotopic (exact) mass is 293 g/mol. The lowest BCUT2D eigenvalue weighted by atomic mass is 10.1. The van der Waals surface area contributed by atoms with E-state index in [0.717, 1.165) is 31.2 Å². The highest BCUT2D eigenvalue weighted by Crippen LogP contribution is 2.27. The lowest BCUT2D eigenvalue weighted by Crippen LogP contribution is -2.06. The number of carbonyl (C=O) groups is 1. The van der Waals surface area contributed by atoms with Crippen LogP contribution in [0.25, 0.3) is 5.69 Å². The number of nitrogens with zero attached hydrogens (tertiary/aromatic N) is 3. The summed E-state index contributed by atoms with van der Waals surface area (Å²) in [6.07, 6.45) is 3.44. The molecule has 0 amide bonds. The van der Waals surface area contributed by atoms with Crippen LogP contribution < -0.4 is 4.74 Å². The number of aromatic nitrogens is 3. The van der Waals surface area contributed by atoms with Crippen LogP contribution in [0.3, 0.4) is 0 Å². The fourth-order valence-electron chi connectivity index (χ4n) is 2.01.